The molecule has 0 aliphatic rings. The molecule has 1 aromatic heterocycles. The fourth-order valence-electron chi connectivity index (χ4n) is 2.39. The Kier molecular flexibility index (Phi) is 4.40. The summed E-state index contributed by atoms with van der Waals surface area (Å²) in [7, 11) is 1.86. The highest BCUT2D eigenvalue weighted by molar-refractivity contribution is 5.79. The van der Waals surface area contributed by atoms with E-state index in [-0.39, 0.29) is 24.2 Å². The van der Waals surface area contributed by atoms with Crippen LogP contribution in [-0.4, -0.2) is 15.7 Å². The van der Waals surface area contributed by atoms with E-state index in [9.17, 15) is 9.18 Å². The molecule has 21 heavy (non-hydrogen) atoms. The molecule has 0 unspecified atom stereocenters. The molecule has 1 heterocycles. The lowest BCUT2D eigenvalue weighted by molar-refractivity contribution is -0.121. The topological polar surface area (TPSA) is 46.9 Å². The van der Waals surface area contributed by atoms with E-state index in [0.717, 1.165) is 22.5 Å². The van der Waals surface area contributed by atoms with Gasteiger partial charge in [-0.1, -0.05) is 12.1 Å². The van der Waals surface area contributed by atoms with Gasteiger partial charge in [-0.25, -0.2) is 4.39 Å². The molecule has 0 radical (unpaired) electrons. The lowest BCUT2D eigenvalue weighted by atomic mass is 10.1. The van der Waals surface area contributed by atoms with Crippen LogP contribution in [0.2, 0.25) is 0 Å². The van der Waals surface area contributed by atoms with E-state index in [2.05, 4.69) is 10.4 Å². The standard InChI is InChI=1S/C16H20FN3O/c1-10(13-6-5-7-14(17)8-13)18-16(21)9-15-11(2)19-20(4)12(15)3/h5-8,10H,9H2,1-4H3,(H,18,21)/t10-/m1/s1. The zero-order chi connectivity index (χ0) is 15.6. The Hall–Kier alpha value is -2.17. The van der Waals surface area contributed by atoms with E-state index in [1.165, 1.54) is 12.1 Å². The molecule has 0 spiro atoms. The molecule has 0 aliphatic heterocycles. The van der Waals surface area contributed by atoms with Crippen molar-refractivity contribution in [3.05, 3.63) is 52.6 Å². The molecular formula is C16H20FN3O. The van der Waals surface area contributed by atoms with Gasteiger partial charge in [-0.3, -0.25) is 9.48 Å². The quantitative estimate of drug-likeness (QED) is 0.940. The number of hydrogen-bond acceptors (Lipinski definition) is 2. The van der Waals surface area contributed by atoms with E-state index in [4.69, 9.17) is 0 Å². The highest BCUT2D eigenvalue weighted by Gasteiger charge is 2.15. The summed E-state index contributed by atoms with van der Waals surface area (Å²) in [6.45, 7) is 5.68. The Morgan fingerprint density at radius 2 is 2.14 bits per heavy atom. The number of hydrogen-bond donors (Lipinski definition) is 1. The number of nitrogens with zero attached hydrogens (tertiary/aromatic N) is 2. The Balaban J connectivity index is 2.05. The summed E-state index contributed by atoms with van der Waals surface area (Å²) < 4.78 is 15.0. The van der Waals surface area contributed by atoms with E-state index in [1.807, 2.05) is 27.8 Å². The highest BCUT2D eigenvalue weighted by atomic mass is 19.1. The van der Waals surface area contributed by atoms with Gasteiger partial charge in [0, 0.05) is 18.3 Å². The molecule has 0 aliphatic carbocycles. The van der Waals surface area contributed by atoms with Gasteiger partial charge in [0.2, 0.25) is 5.91 Å². The van der Waals surface area contributed by atoms with Crippen molar-refractivity contribution in [1.82, 2.24) is 15.1 Å². The van der Waals surface area contributed by atoms with E-state index < -0.39 is 0 Å². The molecule has 0 saturated carbocycles. The average Bonchev–Trinajstić information content (AvgIpc) is 2.65. The van der Waals surface area contributed by atoms with Crippen molar-refractivity contribution in [2.24, 2.45) is 7.05 Å². The van der Waals surface area contributed by atoms with Crippen LogP contribution in [0.1, 0.15) is 35.5 Å². The third-order valence-corrected chi connectivity index (χ3v) is 3.72. The van der Waals surface area contributed by atoms with Gasteiger partial charge < -0.3 is 5.32 Å². The van der Waals surface area contributed by atoms with Crippen LogP contribution in [0.3, 0.4) is 0 Å². The number of aryl methyl sites for hydroxylation is 2. The predicted molar refractivity (Wildman–Crippen MR) is 79.3 cm³/mol. The lowest BCUT2D eigenvalue weighted by Crippen LogP contribution is -2.28. The SMILES string of the molecule is Cc1nn(C)c(C)c1CC(=O)N[C@H](C)c1cccc(F)c1. The zero-order valence-corrected chi connectivity index (χ0v) is 12.8. The largest absolute Gasteiger partial charge is 0.349 e. The van der Waals surface area contributed by atoms with Crippen LogP contribution in [0.25, 0.3) is 0 Å². The monoisotopic (exact) mass is 289 g/mol. The van der Waals surface area contributed by atoms with Crippen LogP contribution in [-0.2, 0) is 18.3 Å². The Bertz CT molecular complexity index is 664. The number of halogens is 1. The average molecular weight is 289 g/mol. The third kappa shape index (κ3) is 3.48. The van der Waals surface area contributed by atoms with Gasteiger partial charge in [-0.15, -0.1) is 0 Å². The van der Waals surface area contributed by atoms with Gasteiger partial charge in [0.25, 0.3) is 0 Å². The summed E-state index contributed by atoms with van der Waals surface area (Å²) >= 11 is 0. The molecule has 4 nitrogen and oxygen atoms in total. The Morgan fingerprint density at radius 1 is 1.43 bits per heavy atom. The van der Waals surface area contributed by atoms with Crippen LogP contribution in [0.5, 0.6) is 0 Å². The van der Waals surface area contributed by atoms with E-state index in [0.29, 0.717) is 0 Å². The van der Waals surface area contributed by atoms with Crippen molar-refractivity contribution in [3.8, 4) is 0 Å². The summed E-state index contributed by atoms with van der Waals surface area (Å²) in [6, 6.07) is 6.04. The first-order chi connectivity index (χ1) is 9.88. The van der Waals surface area contributed by atoms with Gasteiger partial charge in [0.05, 0.1) is 18.2 Å². The molecule has 1 amide bonds. The Labute approximate surface area is 124 Å². The minimum absolute atomic E-state index is 0.0917. The van der Waals surface area contributed by atoms with Crippen LogP contribution >= 0.6 is 0 Å². The number of nitrogens with one attached hydrogen (secondary N) is 1. The number of amides is 1. The summed E-state index contributed by atoms with van der Waals surface area (Å²) in [5, 5.41) is 7.19. The first-order valence-corrected chi connectivity index (χ1v) is 6.92. The first kappa shape index (κ1) is 15.2. The zero-order valence-electron chi connectivity index (χ0n) is 12.8. The number of aromatic nitrogens is 2. The molecule has 5 heteroatoms. The van der Waals surface area contributed by atoms with Crippen LogP contribution < -0.4 is 5.32 Å². The predicted octanol–water partition coefficient (Wildman–Crippen LogP) is 2.60. The van der Waals surface area contributed by atoms with Crippen molar-refractivity contribution in [1.29, 1.82) is 0 Å². The summed E-state index contributed by atoms with van der Waals surface area (Å²) in [4.78, 5) is 12.2. The van der Waals surface area contributed by atoms with Gasteiger partial charge in [0.15, 0.2) is 0 Å². The van der Waals surface area contributed by atoms with Crippen molar-refractivity contribution in [2.75, 3.05) is 0 Å². The maximum absolute atomic E-state index is 13.2. The maximum atomic E-state index is 13.2. The molecule has 1 N–H and O–H groups in total. The fraction of sp³-hybridized carbons (Fsp3) is 0.375. The highest BCUT2D eigenvalue weighted by Crippen LogP contribution is 2.16. The van der Waals surface area contributed by atoms with Crippen LogP contribution in [0.15, 0.2) is 24.3 Å². The molecule has 2 aromatic rings. The van der Waals surface area contributed by atoms with Gasteiger partial charge >= 0.3 is 0 Å². The van der Waals surface area contributed by atoms with Gasteiger partial charge in [-0.05, 0) is 38.5 Å². The smallest absolute Gasteiger partial charge is 0.225 e. The number of carbonyl (C=O) groups excluding carboxylic acids is 1. The first-order valence-electron chi connectivity index (χ1n) is 6.92. The fourth-order valence-corrected chi connectivity index (χ4v) is 2.39. The summed E-state index contributed by atoms with van der Waals surface area (Å²) in [6.07, 6.45) is 0.283. The lowest BCUT2D eigenvalue weighted by Gasteiger charge is -2.14. The molecule has 112 valence electrons. The Morgan fingerprint density at radius 3 is 2.71 bits per heavy atom. The van der Waals surface area contributed by atoms with Crippen molar-refractivity contribution >= 4 is 5.91 Å². The second-order valence-corrected chi connectivity index (χ2v) is 5.29. The second-order valence-electron chi connectivity index (χ2n) is 5.29. The molecule has 0 bridgehead atoms. The molecule has 0 fully saturated rings. The molecule has 1 atom stereocenters. The van der Waals surface area contributed by atoms with Gasteiger partial charge in [0.1, 0.15) is 5.82 Å². The number of benzene rings is 1. The molecule has 1 aromatic carbocycles. The van der Waals surface area contributed by atoms with E-state index >= 15 is 0 Å². The normalized spacial score (nSPS) is 12.2. The van der Waals surface area contributed by atoms with Crippen molar-refractivity contribution in [2.45, 2.75) is 33.2 Å². The summed E-state index contributed by atoms with van der Waals surface area (Å²) in [5.74, 6) is -0.390. The third-order valence-electron chi connectivity index (χ3n) is 3.72. The maximum Gasteiger partial charge on any atom is 0.225 e. The second kappa shape index (κ2) is 6.08. The molecule has 2 rings (SSSR count). The number of rotatable bonds is 4. The summed E-state index contributed by atoms with van der Waals surface area (Å²) in [5.41, 5.74) is 3.55. The van der Waals surface area contributed by atoms with Crippen LogP contribution in [0, 0.1) is 19.7 Å². The molecule has 0 saturated heterocycles. The minimum Gasteiger partial charge on any atom is -0.349 e. The minimum atomic E-state index is -0.299. The van der Waals surface area contributed by atoms with Crippen molar-refractivity contribution < 1.29 is 9.18 Å². The van der Waals surface area contributed by atoms with Gasteiger partial charge in [-0.2, -0.15) is 5.10 Å². The van der Waals surface area contributed by atoms with Crippen LogP contribution in [0.4, 0.5) is 4.39 Å². The van der Waals surface area contributed by atoms with E-state index in [1.54, 1.807) is 16.8 Å². The molecular weight excluding hydrogens is 269 g/mol. The van der Waals surface area contributed by atoms with Crippen molar-refractivity contribution in [3.63, 3.8) is 0 Å². The number of carbonyl (C=O) groups is 1.